The number of halogens is 2. The average molecular weight is 439 g/mol. The quantitative estimate of drug-likeness (QED) is 0.791. The molecule has 26 heavy (non-hydrogen) atoms. The van der Waals surface area contributed by atoms with Gasteiger partial charge in [0.2, 0.25) is 5.91 Å². The molecule has 1 N–H and O–H groups in total. The molecule has 1 fully saturated rings. The molecule has 0 saturated heterocycles. The van der Waals surface area contributed by atoms with Gasteiger partial charge in [-0.2, -0.15) is 0 Å². The van der Waals surface area contributed by atoms with Crippen LogP contribution in [-0.4, -0.2) is 20.9 Å². The highest BCUT2D eigenvalue weighted by Crippen LogP contribution is 2.39. The summed E-state index contributed by atoms with van der Waals surface area (Å²) in [5.41, 5.74) is 1.43. The number of hydrogen-bond acceptors (Lipinski definition) is 3. The summed E-state index contributed by atoms with van der Waals surface area (Å²) in [6.07, 6.45) is 2.47. The lowest BCUT2D eigenvalue weighted by molar-refractivity contribution is -0.119. The average Bonchev–Trinajstić information content (AvgIpc) is 3.36. The van der Waals surface area contributed by atoms with E-state index in [-0.39, 0.29) is 22.4 Å². The first-order chi connectivity index (χ1) is 12.4. The Kier molecular flexibility index (Phi) is 4.27. The van der Waals surface area contributed by atoms with E-state index in [1.807, 2.05) is 0 Å². The molecule has 0 spiro atoms. The lowest BCUT2D eigenvalue weighted by atomic mass is 10.2. The van der Waals surface area contributed by atoms with E-state index in [2.05, 4.69) is 20.7 Å². The molecule has 1 aliphatic heterocycles. The lowest BCUT2D eigenvalue weighted by Crippen LogP contribution is -2.30. The number of para-hydroxylation sites is 1. The first-order valence-electron chi connectivity index (χ1n) is 8.28. The molecular formula is C18H16BrFN2O3S. The van der Waals surface area contributed by atoms with Crippen LogP contribution in [0.1, 0.15) is 18.4 Å². The highest BCUT2D eigenvalue weighted by atomic mass is 79.9. The standard InChI is InChI=1S/C18H16BrFN2O3S/c19-13-9-12-7-8-22(18(23)11-5-6-11)16(12)10-17(13)26(24,25)21-15-4-2-1-3-14(15)20/h1-4,9-11,21H,5-8H2. The number of rotatable bonds is 4. The Hall–Kier alpha value is -1.93. The second kappa shape index (κ2) is 6.35. The maximum absolute atomic E-state index is 13.8. The number of amides is 1. The summed E-state index contributed by atoms with van der Waals surface area (Å²) in [4.78, 5) is 14.1. The summed E-state index contributed by atoms with van der Waals surface area (Å²) in [7, 11) is -4.02. The molecule has 1 saturated carbocycles. The molecule has 0 aromatic heterocycles. The largest absolute Gasteiger partial charge is 0.312 e. The summed E-state index contributed by atoms with van der Waals surface area (Å²) >= 11 is 3.30. The van der Waals surface area contributed by atoms with E-state index in [9.17, 15) is 17.6 Å². The number of nitrogens with one attached hydrogen (secondary N) is 1. The Balaban J connectivity index is 1.71. The van der Waals surface area contributed by atoms with Crippen LogP contribution in [0.3, 0.4) is 0 Å². The van der Waals surface area contributed by atoms with Crippen LogP contribution in [0.2, 0.25) is 0 Å². The van der Waals surface area contributed by atoms with Crippen LogP contribution in [0.4, 0.5) is 15.8 Å². The Labute approximate surface area is 159 Å². The van der Waals surface area contributed by atoms with Crippen molar-refractivity contribution in [3.05, 3.63) is 52.3 Å². The molecule has 0 bridgehead atoms. The molecule has 0 atom stereocenters. The van der Waals surface area contributed by atoms with E-state index in [1.165, 1.54) is 24.3 Å². The normalized spacial score (nSPS) is 16.5. The minimum atomic E-state index is -4.02. The highest BCUT2D eigenvalue weighted by Gasteiger charge is 2.37. The molecule has 2 aromatic carbocycles. The molecule has 8 heteroatoms. The van der Waals surface area contributed by atoms with E-state index in [4.69, 9.17) is 0 Å². The van der Waals surface area contributed by atoms with Gasteiger partial charge in [-0.15, -0.1) is 0 Å². The van der Waals surface area contributed by atoms with Crippen molar-refractivity contribution >= 4 is 43.2 Å². The van der Waals surface area contributed by atoms with Crippen LogP contribution in [0.25, 0.3) is 0 Å². The molecule has 1 amide bonds. The number of anilines is 2. The zero-order chi connectivity index (χ0) is 18.5. The Morgan fingerprint density at radius 3 is 2.65 bits per heavy atom. The molecule has 2 aromatic rings. The van der Waals surface area contributed by atoms with Crippen LogP contribution >= 0.6 is 15.9 Å². The first kappa shape index (κ1) is 17.5. The predicted molar refractivity (Wildman–Crippen MR) is 100 cm³/mol. The third-order valence-corrected chi connectivity index (χ3v) is 6.95. The van der Waals surface area contributed by atoms with Gasteiger partial charge in [0.1, 0.15) is 10.7 Å². The highest BCUT2D eigenvalue weighted by molar-refractivity contribution is 9.10. The molecule has 2 aliphatic rings. The summed E-state index contributed by atoms with van der Waals surface area (Å²) in [6, 6.07) is 8.80. The van der Waals surface area contributed by atoms with Crippen molar-refractivity contribution in [2.24, 2.45) is 5.92 Å². The molecule has 1 aliphatic carbocycles. The zero-order valence-electron chi connectivity index (χ0n) is 13.7. The van der Waals surface area contributed by atoms with Gasteiger partial charge >= 0.3 is 0 Å². The summed E-state index contributed by atoms with van der Waals surface area (Å²) in [6.45, 7) is 0.557. The molecule has 136 valence electrons. The van der Waals surface area contributed by atoms with Crippen molar-refractivity contribution in [2.45, 2.75) is 24.2 Å². The van der Waals surface area contributed by atoms with Gasteiger partial charge in [-0.1, -0.05) is 12.1 Å². The van der Waals surface area contributed by atoms with Crippen LogP contribution in [0, 0.1) is 11.7 Å². The van der Waals surface area contributed by atoms with E-state index < -0.39 is 15.8 Å². The van der Waals surface area contributed by atoms with E-state index >= 15 is 0 Å². The number of hydrogen-bond donors (Lipinski definition) is 1. The van der Waals surface area contributed by atoms with Gasteiger partial charge < -0.3 is 4.90 Å². The number of carbonyl (C=O) groups excluding carboxylic acids is 1. The van der Waals surface area contributed by atoms with Crippen LogP contribution in [-0.2, 0) is 21.2 Å². The number of benzene rings is 2. The SMILES string of the molecule is O=C(C1CC1)N1CCc2cc(Br)c(S(=O)(=O)Nc3ccccc3F)cc21. The first-order valence-corrected chi connectivity index (χ1v) is 10.6. The van der Waals surface area contributed by atoms with E-state index in [0.29, 0.717) is 23.1 Å². The summed E-state index contributed by atoms with van der Waals surface area (Å²) in [5.74, 6) is -0.545. The van der Waals surface area contributed by atoms with Gasteiger partial charge in [0.05, 0.1) is 5.69 Å². The summed E-state index contributed by atoms with van der Waals surface area (Å²) < 4.78 is 42.1. The minimum absolute atomic E-state index is 0.0185. The smallest absolute Gasteiger partial charge is 0.263 e. The zero-order valence-corrected chi connectivity index (χ0v) is 16.1. The second-order valence-electron chi connectivity index (χ2n) is 6.51. The molecule has 5 nitrogen and oxygen atoms in total. The third kappa shape index (κ3) is 3.12. The van der Waals surface area contributed by atoms with Gasteiger partial charge in [-0.05, 0) is 65.0 Å². The second-order valence-corrected chi connectivity index (χ2v) is 9.02. The number of sulfonamides is 1. The summed E-state index contributed by atoms with van der Waals surface area (Å²) in [5, 5.41) is 0. The molecule has 4 rings (SSSR count). The Morgan fingerprint density at radius 1 is 1.23 bits per heavy atom. The van der Waals surface area contributed by atoms with E-state index in [1.54, 1.807) is 17.0 Å². The van der Waals surface area contributed by atoms with Crippen molar-refractivity contribution in [3.63, 3.8) is 0 Å². The Bertz CT molecular complexity index is 1010. The fourth-order valence-electron chi connectivity index (χ4n) is 3.12. The van der Waals surface area contributed by atoms with Gasteiger partial charge in [0.15, 0.2) is 0 Å². The monoisotopic (exact) mass is 438 g/mol. The maximum Gasteiger partial charge on any atom is 0.263 e. The van der Waals surface area contributed by atoms with Crippen molar-refractivity contribution in [3.8, 4) is 0 Å². The van der Waals surface area contributed by atoms with Gasteiger partial charge in [0, 0.05) is 22.6 Å². The van der Waals surface area contributed by atoms with Crippen molar-refractivity contribution < 1.29 is 17.6 Å². The molecule has 0 unspecified atom stereocenters. The molecular weight excluding hydrogens is 423 g/mol. The molecule has 0 radical (unpaired) electrons. The molecule has 1 heterocycles. The topological polar surface area (TPSA) is 66.5 Å². The van der Waals surface area contributed by atoms with Gasteiger partial charge in [0.25, 0.3) is 10.0 Å². The lowest BCUT2D eigenvalue weighted by Gasteiger charge is -2.19. The maximum atomic E-state index is 13.8. The van der Waals surface area contributed by atoms with Gasteiger partial charge in [-0.25, -0.2) is 12.8 Å². The van der Waals surface area contributed by atoms with Crippen molar-refractivity contribution in [2.75, 3.05) is 16.2 Å². The van der Waals surface area contributed by atoms with Crippen LogP contribution in [0.5, 0.6) is 0 Å². The fraction of sp³-hybridized carbons (Fsp3) is 0.278. The van der Waals surface area contributed by atoms with E-state index in [0.717, 1.165) is 18.4 Å². The van der Waals surface area contributed by atoms with Crippen molar-refractivity contribution in [1.29, 1.82) is 0 Å². The number of fused-ring (bicyclic) bond motifs is 1. The van der Waals surface area contributed by atoms with Crippen LogP contribution < -0.4 is 9.62 Å². The van der Waals surface area contributed by atoms with Crippen molar-refractivity contribution in [1.82, 2.24) is 0 Å². The third-order valence-electron chi connectivity index (χ3n) is 4.63. The minimum Gasteiger partial charge on any atom is -0.312 e. The number of carbonyl (C=O) groups is 1. The van der Waals surface area contributed by atoms with Crippen LogP contribution in [0.15, 0.2) is 45.8 Å². The number of nitrogens with zero attached hydrogens (tertiary/aromatic N) is 1. The predicted octanol–water partition coefficient (Wildman–Crippen LogP) is 3.69. The Morgan fingerprint density at radius 2 is 1.96 bits per heavy atom. The van der Waals surface area contributed by atoms with Gasteiger partial charge in [-0.3, -0.25) is 9.52 Å². The fourth-order valence-corrected chi connectivity index (χ4v) is 5.29.